The Bertz CT molecular complexity index is 891. The molecule has 25 heavy (non-hydrogen) atoms. The molecule has 3 rings (SSSR count). The number of carbonyl (C=O) groups is 1. The highest BCUT2D eigenvalue weighted by Crippen LogP contribution is 2.28. The van der Waals surface area contributed by atoms with E-state index >= 15 is 0 Å². The van der Waals surface area contributed by atoms with Crippen LogP contribution in [0.4, 0.5) is 9.52 Å². The first-order valence-corrected chi connectivity index (χ1v) is 8.60. The van der Waals surface area contributed by atoms with Crippen LogP contribution in [0.5, 0.6) is 5.75 Å². The van der Waals surface area contributed by atoms with E-state index in [1.165, 1.54) is 35.6 Å². The number of thiazole rings is 1. The van der Waals surface area contributed by atoms with E-state index in [-0.39, 0.29) is 18.3 Å². The van der Waals surface area contributed by atoms with Crippen LogP contribution >= 0.6 is 11.3 Å². The smallest absolute Gasteiger partial charge is 0.264 e. The largest absolute Gasteiger partial charge is 0.484 e. The summed E-state index contributed by atoms with van der Waals surface area (Å²) in [5.41, 5.74) is 4.18. The zero-order valence-electron chi connectivity index (χ0n) is 13.9. The van der Waals surface area contributed by atoms with Crippen LogP contribution in [0, 0.1) is 19.7 Å². The van der Waals surface area contributed by atoms with E-state index in [1.807, 2.05) is 19.2 Å². The van der Waals surface area contributed by atoms with Gasteiger partial charge in [0.25, 0.3) is 5.91 Å². The first kappa shape index (κ1) is 17.1. The lowest BCUT2D eigenvalue weighted by atomic mass is 10.0. The van der Waals surface area contributed by atoms with Crippen molar-refractivity contribution in [2.24, 2.45) is 0 Å². The maximum atomic E-state index is 12.8. The van der Waals surface area contributed by atoms with Crippen molar-refractivity contribution in [3.8, 4) is 17.0 Å². The predicted octanol–water partition coefficient (Wildman–Crippen LogP) is 4.58. The van der Waals surface area contributed by atoms with Gasteiger partial charge in [0.15, 0.2) is 11.7 Å². The number of ether oxygens (including phenoxy) is 1. The molecule has 0 saturated carbocycles. The Balaban J connectivity index is 1.62. The fourth-order valence-electron chi connectivity index (χ4n) is 2.30. The van der Waals surface area contributed by atoms with E-state index < -0.39 is 0 Å². The van der Waals surface area contributed by atoms with Crippen molar-refractivity contribution < 1.29 is 13.9 Å². The summed E-state index contributed by atoms with van der Waals surface area (Å²) in [6.07, 6.45) is 0. The molecule has 0 aliphatic rings. The van der Waals surface area contributed by atoms with Gasteiger partial charge in [0.1, 0.15) is 11.6 Å². The molecule has 1 N–H and O–H groups in total. The van der Waals surface area contributed by atoms with Crippen molar-refractivity contribution in [1.29, 1.82) is 0 Å². The maximum Gasteiger partial charge on any atom is 0.264 e. The van der Waals surface area contributed by atoms with E-state index in [1.54, 1.807) is 0 Å². The molecule has 0 aliphatic carbocycles. The van der Waals surface area contributed by atoms with E-state index in [2.05, 4.69) is 28.5 Å². The third-order valence-corrected chi connectivity index (χ3v) is 4.36. The number of nitrogens with zero attached hydrogens (tertiary/aromatic N) is 1. The van der Waals surface area contributed by atoms with Crippen LogP contribution in [0.3, 0.4) is 0 Å². The molecule has 0 fully saturated rings. The van der Waals surface area contributed by atoms with Gasteiger partial charge in [-0.2, -0.15) is 0 Å². The number of benzene rings is 2. The summed E-state index contributed by atoms with van der Waals surface area (Å²) in [5.74, 6) is -0.225. The van der Waals surface area contributed by atoms with Gasteiger partial charge in [0.2, 0.25) is 0 Å². The Morgan fingerprint density at radius 2 is 1.96 bits per heavy atom. The molecule has 0 saturated heterocycles. The molecule has 1 heterocycles. The van der Waals surface area contributed by atoms with Crippen LogP contribution in [-0.4, -0.2) is 17.5 Å². The van der Waals surface area contributed by atoms with Crippen molar-refractivity contribution >= 4 is 22.4 Å². The van der Waals surface area contributed by atoms with E-state index in [9.17, 15) is 9.18 Å². The molecule has 4 nitrogen and oxygen atoms in total. The van der Waals surface area contributed by atoms with Crippen molar-refractivity contribution in [3.63, 3.8) is 0 Å². The van der Waals surface area contributed by atoms with Gasteiger partial charge in [0, 0.05) is 10.9 Å². The molecule has 0 bridgehead atoms. The van der Waals surface area contributed by atoms with Gasteiger partial charge in [-0.05, 0) is 49.7 Å². The average Bonchev–Trinajstić information content (AvgIpc) is 3.05. The first-order chi connectivity index (χ1) is 12.0. The highest BCUT2D eigenvalue weighted by Gasteiger charge is 2.10. The highest BCUT2D eigenvalue weighted by atomic mass is 32.1. The molecule has 0 spiro atoms. The summed E-state index contributed by atoms with van der Waals surface area (Å²) in [7, 11) is 0. The number of nitrogens with one attached hydrogen (secondary N) is 1. The highest BCUT2D eigenvalue weighted by molar-refractivity contribution is 7.14. The molecule has 3 aromatic rings. The van der Waals surface area contributed by atoms with Gasteiger partial charge in [0.05, 0.1) is 5.69 Å². The molecule has 0 atom stereocenters. The normalized spacial score (nSPS) is 10.5. The lowest BCUT2D eigenvalue weighted by Crippen LogP contribution is -2.20. The number of anilines is 1. The van der Waals surface area contributed by atoms with Crippen LogP contribution in [0.1, 0.15) is 11.1 Å². The second-order valence-corrected chi connectivity index (χ2v) is 6.51. The standard InChI is InChI=1S/C19H17FN2O2S/c1-12-3-4-13(2)16(9-12)17-11-25-19(21-17)22-18(23)10-24-15-7-5-14(20)6-8-15/h3-9,11H,10H2,1-2H3,(H,21,22,23). The van der Waals surface area contributed by atoms with Crippen molar-refractivity contribution in [3.05, 3.63) is 64.8 Å². The molecule has 1 aromatic heterocycles. The summed E-state index contributed by atoms with van der Waals surface area (Å²) in [5, 5.41) is 5.15. The summed E-state index contributed by atoms with van der Waals surface area (Å²) >= 11 is 1.36. The van der Waals surface area contributed by atoms with Gasteiger partial charge in [-0.1, -0.05) is 17.7 Å². The SMILES string of the molecule is Cc1ccc(C)c(-c2csc(NC(=O)COc3ccc(F)cc3)n2)c1. The van der Waals surface area contributed by atoms with Gasteiger partial charge in [-0.25, -0.2) is 9.37 Å². The van der Waals surface area contributed by atoms with Crippen molar-refractivity contribution in [2.45, 2.75) is 13.8 Å². The Labute approximate surface area is 149 Å². The number of aryl methyl sites for hydroxylation is 2. The van der Waals surface area contributed by atoms with Crippen LogP contribution in [-0.2, 0) is 4.79 Å². The summed E-state index contributed by atoms with van der Waals surface area (Å²) in [6, 6.07) is 11.7. The summed E-state index contributed by atoms with van der Waals surface area (Å²) in [6.45, 7) is 3.90. The lowest BCUT2D eigenvalue weighted by Gasteiger charge is -2.06. The van der Waals surface area contributed by atoms with E-state index in [4.69, 9.17) is 4.74 Å². The number of hydrogen-bond acceptors (Lipinski definition) is 4. The van der Waals surface area contributed by atoms with Gasteiger partial charge in [-0.15, -0.1) is 11.3 Å². The summed E-state index contributed by atoms with van der Waals surface area (Å²) < 4.78 is 18.1. The fourth-order valence-corrected chi connectivity index (χ4v) is 3.03. The topological polar surface area (TPSA) is 51.2 Å². The summed E-state index contributed by atoms with van der Waals surface area (Å²) in [4.78, 5) is 16.4. The second kappa shape index (κ2) is 7.44. The Morgan fingerprint density at radius 3 is 2.72 bits per heavy atom. The average molecular weight is 356 g/mol. The van der Waals surface area contributed by atoms with Gasteiger partial charge < -0.3 is 4.74 Å². The zero-order valence-corrected chi connectivity index (χ0v) is 14.7. The minimum Gasteiger partial charge on any atom is -0.484 e. The third kappa shape index (κ3) is 4.42. The predicted molar refractivity (Wildman–Crippen MR) is 97.5 cm³/mol. The molecule has 0 radical (unpaired) electrons. The van der Waals surface area contributed by atoms with E-state index in [0.29, 0.717) is 10.9 Å². The number of carbonyl (C=O) groups excluding carboxylic acids is 1. The third-order valence-electron chi connectivity index (χ3n) is 3.60. The van der Waals surface area contributed by atoms with Gasteiger partial charge in [-0.3, -0.25) is 10.1 Å². The van der Waals surface area contributed by atoms with Gasteiger partial charge >= 0.3 is 0 Å². The van der Waals surface area contributed by atoms with Crippen LogP contribution in [0.25, 0.3) is 11.3 Å². The quantitative estimate of drug-likeness (QED) is 0.728. The number of halogens is 1. The van der Waals surface area contributed by atoms with Crippen molar-refractivity contribution in [2.75, 3.05) is 11.9 Å². The van der Waals surface area contributed by atoms with E-state index in [0.717, 1.165) is 22.4 Å². The fraction of sp³-hybridized carbons (Fsp3) is 0.158. The molecule has 1 amide bonds. The maximum absolute atomic E-state index is 12.8. The monoisotopic (exact) mass is 356 g/mol. The minimum atomic E-state index is -0.349. The number of amides is 1. The number of rotatable bonds is 5. The molecular formula is C19H17FN2O2S. The number of aromatic nitrogens is 1. The van der Waals surface area contributed by atoms with Crippen LogP contribution in [0.2, 0.25) is 0 Å². The Hall–Kier alpha value is -2.73. The zero-order chi connectivity index (χ0) is 17.8. The van der Waals surface area contributed by atoms with Crippen LogP contribution < -0.4 is 10.1 Å². The van der Waals surface area contributed by atoms with Crippen LogP contribution in [0.15, 0.2) is 47.8 Å². The molecule has 0 unspecified atom stereocenters. The molecule has 6 heteroatoms. The van der Waals surface area contributed by atoms with Crippen molar-refractivity contribution in [1.82, 2.24) is 4.98 Å². The molecule has 0 aliphatic heterocycles. The first-order valence-electron chi connectivity index (χ1n) is 7.72. The molecule has 2 aromatic carbocycles. The molecule has 128 valence electrons. The Kier molecular flexibility index (Phi) is 5.09. The second-order valence-electron chi connectivity index (χ2n) is 5.65. The molecular weight excluding hydrogens is 339 g/mol. The lowest BCUT2D eigenvalue weighted by molar-refractivity contribution is -0.118. The minimum absolute atomic E-state index is 0.163. The Morgan fingerprint density at radius 1 is 1.20 bits per heavy atom. The number of hydrogen-bond donors (Lipinski definition) is 1.